The molecule has 3 heterocycles. The number of likely N-dealkylation sites (tertiary alicyclic amines) is 1. The minimum Gasteiger partial charge on any atom is -0.486 e. The summed E-state index contributed by atoms with van der Waals surface area (Å²) in [4.78, 5) is 14.9. The van der Waals surface area contributed by atoms with Crippen LogP contribution in [0.4, 0.5) is 0 Å². The number of hydrogen-bond donors (Lipinski definition) is 0. The van der Waals surface area contributed by atoms with E-state index >= 15 is 0 Å². The second kappa shape index (κ2) is 8.41. The topological polar surface area (TPSA) is 77.7 Å². The highest BCUT2D eigenvalue weighted by atomic mass is 16.6. The summed E-state index contributed by atoms with van der Waals surface area (Å²) in [6, 6.07) is 14.0. The van der Waals surface area contributed by atoms with Gasteiger partial charge in [0, 0.05) is 24.9 Å². The van der Waals surface area contributed by atoms with E-state index in [4.69, 9.17) is 13.9 Å². The Labute approximate surface area is 181 Å². The summed E-state index contributed by atoms with van der Waals surface area (Å²) in [6.45, 7) is 3.92. The third-order valence-electron chi connectivity index (χ3n) is 5.84. The molecule has 0 radical (unpaired) electrons. The third kappa shape index (κ3) is 4.13. The molecule has 160 valence electrons. The smallest absolute Gasteiger partial charge is 0.247 e. The van der Waals surface area contributed by atoms with Crippen molar-refractivity contribution in [3.63, 3.8) is 0 Å². The van der Waals surface area contributed by atoms with Crippen molar-refractivity contribution in [2.75, 3.05) is 19.8 Å². The van der Waals surface area contributed by atoms with E-state index in [1.165, 1.54) is 5.56 Å². The Bertz CT molecular complexity index is 1080. The normalized spacial score (nSPS) is 17.7. The van der Waals surface area contributed by atoms with Gasteiger partial charge in [-0.15, -0.1) is 10.2 Å². The maximum Gasteiger partial charge on any atom is 0.247 e. The molecule has 0 saturated carbocycles. The lowest BCUT2D eigenvalue weighted by Gasteiger charge is -2.26. The predicted octanol–water partition coefficient (Wildman–Crippen LogP) is 4.11. The maximum atomic E-state index is 13.0. The van der Waals surface area contributed by atoms with Crippen LogP contribution in [0.1, 0.15) is 42.3 Å². The Balaban J connectivity index is 1.23. The second-order valence-electron chi connectivity index (χ2n) is 8.02. The van der Waals surface area contributed by atoms with Crippen LogP contribution in [0.2, 0.25) is 0 Å². The molecule has 0 spiro atoms. The zero-order valence-electron chi connectivity index (χ0n) is 17.5. The molecule has 7 heteroatoms. The van der Waals surface area contributed by atoms with Gasteiger partial charge in [-0.25, -0.2) is 0 Å². The summed E-state index contributed by atoms with van der Waals surface area (Å²) in [5.41, 5.74) is 3.15. The number of fused-ring (bicyclic) bond motifs is 1. The molecule has 1 amide bonds. The molecule has 1 saturated heterocycles. The fourth-order valence-electron chi connectivity index (χ4n) is 4.20. The van der Waals surface area contributed by atoms with Gasteiger partial charge in [0.15, 0.2) is 11.5 Å². The number of aromatic nitrogens is 2. The second-order valence-corrected chi connectivity index (χ2v) is 8.02. The first-order valence-electron chi connectivity index (χ1n) is 10.8. The lowest BCUT2D eigenvalue weighted by molar-refractivity contribution is -0.132. The van der Waals surface area contributed by atoms with E-state index in [9.17, 15) is 4.79 Å². The molecule has 2 aliphatic heterocycles. The van der Waals surface area contributed by atoms with Crippen molar-refractivity contribution in [2.24, 2.45) is 0 Å². The Morgan fingerprint density at radius 1 is 1.06 bits per heavy atom. The summed E-state index contributed by atoms with van der Waals surface area (Å²) < 4.78 is 17.1. The summed E-state index contributed by atoms with van der Waals surface area (Å²) >= 11 is 0. The summed E-state index contributed by atoms with van der Waals surface area (Å²) in [6.07, 6.45) is 2.71. The maximum absolute atomic E-state index is 13.0. The minimum absolute atomic E-state index is 0.0640. The van der Waals surface area contributed by atoms with Crippen LogP contribution in [0.25, 0.3) is 11.5 Å². The van der Waals surface area contributed by atoms with E-state index in [1.807, 2.05) is 54.3 Å². The number of carbonyl (C=O) groups is 1. The number of aryl methyl sites for hydroxylation is 2. The first-order chi connectivity index (χ1) is 15.2. The highest BCUT2D eigenvalue weighted by Crippen LogP contribution is 2.38. The number of benzene rings is 2. The molecule has 1 aromatic heterocycles. The van der Waals surface area contributed by atoms with Crippen LogP contribution in [0.5, 0.6) is 11.5 Å². The van der Waals surface area contributed by atoms with Crippen molar-refractivity contribution in [1.82, 2.24) is 15.1 Å². The first kappa shape index (κ1) is 19.6. The molecule has 0 bridgehead atoms. The van der Waals surface area contributed by atoms with Crippen LogP contribution in [0, 0.1) is 6.92 Å². The van der Waals surface area contributed by atoms with E-state index in [0.29, 0.717) is 37.8 Å². The molecule has 1 fully saturated rings. The van der Waals surface area contributed by atoms with Crippen LogP contribution in [-0.4, -0.2) is 40.8 Å². The molecule has 3 aromatic rings. The van der Waals surface area contributed by atoms with Gasteiger partial charge >= 0.3 is 0 Å². The van der Waals surface area contributed by atoms with E-state index in [1.54, 1.807) is 0 Å². The average molecular weight is 419 g/mol. The van der Waals surface area contributed by atoms with Crippen molar-refractivity contribution < 1.29 is 18.7 Å². The first-order valence-corrected chi connectivity index (χ1v) is 10.8. The van der Waals surface area contributed by atoms with Gasteiger partial charge in [0.25, 0.3) is 0 Å². The molecular weight excluding hydrogens is 394 g/mol. The highest BCUT2D eigenvalue weighted by molar-refractivity contribution is 5.77. The van der Waals surface area contributed by atoms with Gasteiger partial charge in [-0.1, -0.05) is 23.8 Å². The van der Waals surface area contributed by atoms with Crippen molar-refractivity contribution in [2.45, 2.75) is 38.6 Å². The number of amides is 1. The molecule has 31 heavy (non-hydrogen) atoms. The van der Waals surface area contributed by atoms with Gasteiger partial charge in [-0.2, -0.15) is 0 Å². The largest absolute Gasteiger partial charge is 0.486 e. The van der Waals surface area contributed by atoms with Crippen LogP contribution < -0.4 is 9.47 Å². The molecule has 5 rings (SSSR count). The number of rotatable bonds is 5. The van der Waals surface area contributed by atoms with E-state index in [2.05, 4.69) is 10.2 Å². The quantitative estimate of drug-likeness (QED) is 0.619. The van der Waals surface area contributed by atoms with Crippen molar-refractivity contribution in [3.05, 3.63) is 59.5 Å². The molecule has 0 N–H and O–H groups in total. The number of hydrogen-bond acceptors (Lipinski definition) is 6. The lowest BCUT2D eigenvalue weighted by atomic mass is 10.0. The van der Waals surface area contributed by atoms with Crippen LogP contribution in [0.3, 0.4) is 0 Å². The van der Waals surface area contributed by atoms with Gasteiger partial charge in [-0.05, 0) is 49.6 Å². The average Bonchev–Trinajstić information content (AvgIpc) is 3.48. The van der Waals surface area contributed by atoms with Gasteiger partial charge in [0.1, 0.15) is 13.2 Å². The van der Waals surface area contributed by atoms with E-state index in [-0.39, 0.29) is 11.9 Å². The summed E-state index contributed by atoms with van der Waals surface area (Å²) in [5, 5.41) is 8.25. The zero-order chi connectivity index (χ0) is 21.2. The number of nitrogens with zero attached hydrogens (tertiary/aromatic N) is 3. The Morgan fingerprint density at radius 3 is 2.71 bits per heavy atom. The fraction of sp³-hybridized carbons (Fsp3) is 0.375. The zero-order valence-corrected chi connectivity index (χ0v) is 17.5. The van der Waals surface area contributed by atoms with Crippen molar-refractivity contribution in [1.29, 1.82) is 0 Å². The highest BCUT2D eigenvalue weighted by Gasteiger charge is 2.30. The van der Waals surface area contributed by atoms with Crippen LogP contribution in [-0.2, 0) is 11.2 Å². The molecule has 0 unspecified atom stereocenters. The minimum atomic E-state index is 0.0640. The lowest BCUT2D eigenvalue weighted by Crippen LogP contribution is -2.30. The summed E-state index contributed by atoms with van der Waals surface area (Å²) in [7, 11) is 0. The molecule has 2 aliphatic rings. The number of carbonyl (C=O) groups excluding carboxylic acids is 1. The third-order valence-corrected chi connectivity index (χ3v) is 5.84. The molecule has 0 aliphatic carbocycles. The van der Waals surface area contributed by atoms with E-state index < -0.39 is 0 Å². The SMILES string of the molecule is Cc1ccc(-c2nnc(CCC(=O)N3CCC[C@@H]3c3ccc4c(c3)OCCO4)o2)cc1. The van der Waals surface area contributed by atoms with Crippen LogP contribution >= 0.6 is 0 Å². The van der Waals surface area contributed by atoms with Crippen LogP contribution in [0.15, 0.2) is 46.9 Å². The Hall–Kier alpha value is -3.35. The van der Waals surface area contributed by atoms with Gasteiger partial charge in [0.2, 0.25) is 17.7 Å². The van der Waals surface area contributed by atoms with Gasteiger partial charge < -0.3 is 18.8 Å². The molecule has 2 aromatic carbocycles. The molecule has 7 nitrogen and oxygen atoms in total. The predicted molar refractivity (Wildman–Crippen MR) is 114 cm³/mol. The fourth-order valence-corrected chi connectivity index (χ4v) is 4.20. The molecule has 1 atom stereocenters. The van der Waals surface area contributed by atoms with Crippen molar-refractivity contribution >= 4 is 5.91 Å². The van der Waals surface area contributed by atoms with Crippen molar-refractivity contribution in [3.8, 4) is 23.0 Å². The Kier molecular flexibility index (Phi) is 5.32. The van der Waals surface area contributed by atoms with E-state index in [0.717, 1.165) is 42.0 Å². The van der Waals surface area contributed by atoms with Gasteiger partial charge in [-0.3, -0.25) is 4.79 Å². The Morgan fingerprint density at radius 2 is 1.87 bits per heavy atom. The summed E-state index contributed by atoms with van der Waals surface area (Å²) in [5.74, 6) is 2.61. The molecular formula is C24H25N3O4. The standard InChI is InChI=1S/C24H25N3O4/c1-16-4-6-17(7-5-16)24-26-25-22(31-24)10-11-23(28)27-12-2-3-19(27)18-8-9-20-21(15-18)30-14-13-29-20/h4-9,15,19H,2-3,10-14H2,1H3/t19-/m1/s1. The monoisotopic (exact) mass is 419 g/mol. The van der Waals surface area contributed by atoms with Gasteiger partial charge in [0.05, 0.1) is 6.04 Å². The number of ether oxygens (including phenoxy) is 2.